The average Bonchev–Trinajstić information content (AvgIpc) is 3.19. The predicted molar refractivity (Wildman–Crippen MR) is 121 cm³/mol. The Labute approximate surface area is 185 Å². The quantitative estimate of drug-likeness (QED) is 0.390. The van der Waals surface area contributed by atoms with E-state index in [0.29, 0.717) is 29.2 Å². The van der Waals surface area contributed by atoms with Gasteiger partial charge in [-0.25, -0.2) is 14.1 Å². The van der Waals surface area contributed by atoms with Crippen LogP contribution in [0.2, 0.25) is 0 Å². The van der Waals surface area contributed by atoms with Gasteiger partial charge in [0.2, 0.25) is 11.8 Å². The smallest absolute Gasteiger partial charge is 0.322 e. The minimum absolute atomic E-state index is 0.0258. The lowest BCUT2D eigenvalue weighted by Gasteiger charge is -2.11. The van der Waals surface area contributed by atoms with Crippen molar-refractivity contribution in [2.45, 2.75) is 26.8 Å². The molecule has 0 atom stereocenters. The molecule has 0 saturated heterocycles. The highest BCUT2D eigenvalue weighted by molar-refractivity contribution is 5.67. The number of benzene rings is 2. The summed E-state index contributed by atoms with van der Waals surface area (Å²) < 4.78 is 26.2. The Bertz CT molecular complexity index is 1220. The lowest BCUT2D eigenvalue weighted by Crippen LogP contribution is -2.06. The molecule has 8 heteroatoms. The molecule has 0 saturated carbocycles. The zero-order valence-electron chi connectivity index (χ0n) is 18.3. The molecular weight excluding hydrogens is 409 g/mol. The van der Waals surface area contributed by atoms with E-state index >= 15 is 0 Å². The van der Waals surface area contributed by atoms with Crippen molar-refractivity contribution in [3.05, 3.63) is 72.2 Å². The van der Waals surface area contributed by atoms with Gasteiger partial charge in [-0.05, 0) is 73.9 Å². The molecule has 0 fully saturated rings. The molecule has 7 nitrogen and oxygen atoms in total. The average molecular weight is 433 g/mol. The first-order valence-corrected chi connectivity index (χ1v) is 10.2. The van der Waals surface area contributed by atoms with Crippen molar-refractivity contribution >= 4 is 11.6 Å². The second-order valence-corrected chi connectivity index (χ2v) is 7.56. The van der Waals surface area contributed by atoms with Crippen molar-refractivity contribution in [1.82, 2.24) is 19.7 Å². The molecule has 0 spiro atoms. The highest BCUT2D eigenvalue weighted by atomic mass is 19.1. The standard InChI is InChI=1S/C24H24FN5O2/c1-15(2)30-24(32-21-10-7-19(25)13-16(21)3)28-23(29-30)27-20-8-5-17(6-9-20)18-11-12-26-22(14-18)31-4/h5-15H,1-4H3,(H,27,29). The van der Waals surface area contributed by atoms with E-state index in [1.165, 1.54) is 12.1 Å². The number of halogens is 1. The van der Waals surface area contributed by atoms with E-state index in [9.17, 15) is 4.39 Å². The Hall–Kier alpha value is -3.94. The first kappa shape index (κ1) is 21.3. The maximum Gasteiger partial charge on any atom is 0.322 e. The number of hydrogen-bond donors (Lipinski definition) is 1. The number of pyridine rings is 1. The van der Waals surface area contributed by atoms with Crippen LogP contribution in [0.25, 0.3) is 11.1 Å². The second-order valence-electron chi connectivity index (χ2n) is 7.56. The monoisotopic (exact) mass is 433 g/mol. The summed E-state index contributed by atoms with van der Waals surface area (Å²) in [7, 11) is 1.60. The third-order valence-electron chi connectivity index (χ3n) is 4.85. The van der Waals surface area contributed by atoms with Crippen molar-refractivity contribution in [3.63, 3.8) is 0 Å². The molecule has 0 bridgehead atoms. The molecule has 164 valence electrons. The maximum atomic E-state index is 13.4. The number of methoxy groups -OCH3 is 1. The molecule has 0 aliphatic rings. The van der Waals surface area contributed by atoms with Gasteiger partial charge in [0, 0.05) is 18.0 Å². The number of hydrogen-bond acceptors (Lipinski definition) is 6. The third-order valence-corrected chi connectivity index (χ3v) is 4.85. The third kappa shape index (κ3) is 4.69. The van der Waals surface area contributed by atoms with E-state index in [4.69, 9.17) is 9.47 Å². The molecule has 4 rings (SSSR count). The zero-order chi connectivity index (χ0) is 22.7. The fourth-order valence-corrected chi connectivity index (χ4v) is 3.17. The van der Waals surface area contributed by atoms with Gasteiger partial charge in [-0.1, -0.05) is 12.1 Å². The van der Waals surface area contributed by atoms with Crippen LogP contribution in [0.5, 0.6) is 17.6 Å². The first-order chi connectivity index (χ1) is 15.4. The van der Waals surface area contributed by atoms with Crippen molar-refractivity contribution in [2.24, 2.45) is 0 Å². The van der Waals surface area contributed by atoms with E-state index in [1.807, 2.05) is 50.2 Å². The van der Waals surface area contributed by atoms with Crippen LogP contribution in [-0.2, 0) is 0 Å². The predicted octanol–water partition coefficient (Wildman–Crippen LogP) is 5.91. The molecule has 0 amide bonds. The van der Waals surface area contributed by atoms with Gasteiger partial charge in [-0.15, -0.1) is 5.10 Å². The molecule has 0 radical (unpaired) electrons. The number of aryl methyl sites for hydroxylation is 1. The van der Waals surface area contributed by atoms with Crippen LogP contribution in [0.4, 0.5) is 16.0 Å². The molecule has 2 aromatic carbocycles. The summed E-state index contributed by atoms with van der Waals surface area (Å²) in [4.78, 5) is 8.63. The van der Waals surface area contributed by atoms with Gasteiger partial charge in [-0.3, -0.25) is 0 Å². The summed E-state index contributed by atoms with van der Waals surface area (Å²) in [6, 6.07) is 16.4. The van der Waals surface area contributed by atoms with E-state index in [0.717, 1.165) is 16.8 Å². The summed E-state index contributed by atoms with van der Waals surface area (Å²) >= 11 is 0. The lowest BCUT2D eigenvalue weighted by atomic mass is 10.1. The Morgan fingerprint density at radius 3 is 2.47 bits per heavy atom. The van der Waals surface area contributed by atoms with Crippen LogP contribution in [-0.4, -0.2) is 26.9 Å². The molecule has 1 N–H and O–H groups in total. The molecule has 0 aliphatic heterocycles. The number of rotatable bonds is 7. The van der Waals surface area contributed by atoms with E-state index in [-0.39, 0.29) is 11.9 Å². The fraction of sp³-hybridized carbons (Fsp3) is 0.208. The highest BCUT2D eigenvalue weighted by Gasteiger charge is 2.16. The van der Waals surface area contributed by atoms with Crippen molar-refractivity contribution in [1.29, 1.82) is 0 Å². The highest BCUT2D eigenvalue weighted by Crippen LogP contribution is 2.29. The van der Waals surface area contributed by atoms with Gasteiger partial charge < -0.3 is 14.8 Å². The summed E-state index contributed by atoms with van der Waals surface area (Å²) in [5.41, 5.74) is 3.56. The van der Waals surface area contributed by atoms with Gasteiger partial charge in [-0.2, -0.15) is 4.98 Å². The number of anilines is 2. The number of nitrogens with zero attached hydrogens (tertiary/aromatic N) is 4. The number of aromatic nitrogens is 4. The van der Waals surface area contributed by atoms with E-state index < -0.39 is 0 Å². The molecule has 4 aromatic rings. The molecule has 2 heterocycles. The fourth-order valence-electron chi connectivity index (χ4n) is 3.17. The van der Waals surface area contributed by atoms with Crippen LogP contribution >= 0.6 is 0 Å². The molecule has 32 heavy (non-hydrogen) atoms. The Morgan fingerprint density at radius 2 is 1.78 bits per heavy atom. The van der Waals surface area contributed by atoms with E-state index in [2.05, 4.69) is 20.4 Å². The second kappa shape index (κ2) is 9.05. The number of ether oxygens (including phenoxy) is 2. The van der Waals surface area contributed by atoms with Crippen LogP contribution < -0.4 is 14.8 Å². The van der Waals surface area contributed by atoms with Crippen LogP contribution in [0.15, 0.2) is 60.8 Å². The summed E-state index contributed by atoms with van der Waals surface area (Å²) in [5.74, 6) is 1.20. The molecule has 2 aromatic heterocycles. The van der Waals surface area contributed by atoms with Crippen LogP contribution in [0.3, 0.4) is 0 Å². The van der Waals surface area contributed by atoms with Crippen molar-refractivity contribution < 1.29 is 13.9 Å². The van der Waals surface area contributed by atoms with Gasteiger partial charge in [0.05, 0.1) is 13.2 Å². The Morgan fingerprint density at radius 1 is 1.00 bits per heavy atom. The first-order valence-electron chi connectivity index (χ1n) is 10.2. The van der Waals surface area contributed by atoms with Crippen LogP contribution in [0, 0.1) is 12.7 Å². The summed E-state index contributed by atoms with van der Waals surface area (Å²) in [6.07, 6.45) is 1.72. The van der Waals surface area contributed by atoms with Gasteiger partial charge >= 0.3 is 6.01 Å². The number of nitrogens with one attached hydrogen (secondary N) is 1. The van der Waals surface area contributed by atoms with Gasteiger partial charge in [0.15, 0.2) is 0 Å². The minimum Gasteiger partial charge on any atom is -0.481 e. The zero-order valence-corrected chi connectivity index (χ0v) is 18.3. The summed E-state index contributed by atoms with van der Waals surface area (Å²) in [6.45, 7) is 5.76. The molecular formula is C24H24FN5O2. The SMILES string of the molecule is COc1cc(-c2ccc(Nc3nc(Oc4ccc(F)cc4C)n(C(C)C)n3)cc2)ccn1. The lowest BCUT2D eigenvalue weighted by molar-refractivity contribution is 0.374. The Balaban J connectivity index is 1.54. The topological polar surface area (TPSA) is 74.1 Å². The molecule has 0 unspecified atom stereocenters. The Kier molecular flexibility index (Phi) is 6.02. The molecule has 0 aliphatic carbocycles. The summed E-state index contributed by atoms with van der Waals surface area (Å²) in [5, 5.41) is 7.73. The van der Waals surface area contributed by atoms with Gasteiger partial charge in [0.25, 0.3) is 0 Å². The minimum atomic E-state index is -0.309. The largest absolute Gasteiger partial charge is 0.481 e. The van der Waals surface area contributed by atoms with Crippen molar-refractivity contribution in [3.8, 4) is 28.8 Å². The normalized spacial score (nSPS) is 10.9. The van der Waals surface area contributed by atoms with E-state index in [1.54, 1.807) is 31.0 Å². The maximum absolute atomic E-state index is 13.4. The van der Waals surface area contributed by atoms with Crippen LogP contribution in [0.1, 0.15) is 25.5 Å². The van der Waals surface area contributed by atoms with Crippen molar-refractivity contribution in [2.75, 3.05) is 12.4 Å². The van der Waals surface area contributed by atoms with Gasteiger partial charge in [0.1, 0.15) is 11.6 Å².